The molecule has 1 N–H and O–H groups in total. The predicted molar refractivity (Wildman–Crippen MR) is 122 cm³/mol. The summed E-state index contributed by atoms with van der Waals surface area (Å²) in [4.78, 5) is 32.6. The number of halogens is 1. The predicted octanol–water partition coefficient (Wildman–Crippen LogP) is 5.06. The minimum Gasteiger partial charge on any atom is -0.444 e. The molecule has 0 aliphatic carbocycles. The number of nitrogens with zero attached hydrogens (tertiary/aromatic N) is 3. The lowest BCUT2D eigenvalue weighted by Gasteiger charge is -2.37. The highest BCUT2D eigenvalue weighted by Crippen LogP contribution is 2.22. The largest absolute Gasteiger partial charge is 0.444 e. The van der Waals surface area contributed by atoms with Crippen molar-refractivity contribution in [3.05, 3.63) is 47.9 Å². The van der Waals surface area contributed by atoms with E-state index < -0.39 is 5.60 Å². The molecule has 0 spiro atoms. The molecule has 0 atom stereocenters. The van der Waals surface area contributed by atoms with E-state index in [1.54, 1.807) is 35.2 Å². The van der Waals surface area contributed by atoms with Gasteiger partial charge in [0.2, 0.25) is 0 Å². The monoisotopic (exact) mass is 442 g/mol. The normalized spacial score (nSPS) is 14.8. The zero-order valence-corrected chi connectivity index (χ0v) is 19.3. The number of piperidine rings is 1. The fraction of sp³-hybridized carbons (Fsp3) is 0.458. The molecular formula is C24H31FN4O3. The number of pyridine rings is 1. The summed E-state index contributed by atoms with van der Waals surface area (Å²) in [6.07, 6.45) is 2.60. The fourth-order valence-corrected chi connectivity index (χ4v) is 3.66. The molecule has 2 aromatic rings. The van der Waals surface area contributed by atoms with Gasteiger partial charge in [-0.2, -0.15) is 0 Å². The van der Waals surface area contributed by atoms with Crippen molar-refractivity contribution in [2.45, 2.75) is 52.2 Å². The van der Waals surface area contributed by atoms with E-state index in [0.717, 1.165) is 5.56 Å². The summed E-state index contributed by atoms with van der Waals surface area (Å²) in [6, 6.07) is 8.05. The molecule has 1 saturated heterocycles. The molecule has 1 aromatic heterocycles. The molecule has 3 amide bonds. The molecule has 8 heteroatoms. The molecule has 1 fully saturated rings. The van der Waals surface area contributed by atoms with Gasteiger partial charge in [-0.25, -0.2) is 14.0 Å². The van der Waals surface area contributed by atoms with Crippen LogP contribution in [0.5, 0.6) is 0 Å². The quantitative estimate of drug-likeness (QED) is 0.721. The number of amides is 3. The number of rotatable bonds is 3. The Bertz CT molecular complexity index is 944. The molecular weight excluding hydrogens is 411 g/mol. The zero-order chi connectivity index (χ0) is 23.5. The second-order valence-electron chi connectivity index (χ2n) is 9.19. The molecule has 0 bridgehead atoms. The number of nitrogens with one attached hydrogen (secondary N) is 1. The van der Waals surface area contributed by atoms with Gasteiger partial charge in [0.1, 0.15) is 11.4 Å². The second-order valence-corrected chi connectivity index (χ2v) is 9.19. The smallest absolute Gasteiger partial charge is 0.410 e. The molecule has 32 heavy (non-hydrogen) atoms. The molecule has 0 saturated carbocycles. The topological polar surface area (TPSA) is 74.8 Å². The minimum atomic E-state index is -0.526. The van der Waals surface area contributed by atoms with Crippen LogP contribution in [0.3, 0.4) is 0 Å². The van der Waals surface area contributed by atoms with Gasteiger partial charge < -0.3 is 19.9 Å². The molecule has 1 aliphatic heterocycles. The Hall–Kier alpha value is -3.16. The summed E-state index contributed by atoms with van der Waals surface area (Å²) in [5.74, 6) is -0.307. The summed E-state index contributed by atoms with van der Waals surface area (Å²) in [5.41, 5.74) is 2.17. The van der Waals surface area contributed by atoms with E-state index in [4.69, 9.17) is 4.74 Å². The number of carbonyl (C=O) groups excluding carboxylic acids is 2. The summed E-state index contributed by atoms with van der Waals surface area (Å²) in [6.45, 7) is 8.44. The molecule has 2 heterocycles. The van der Waals surface area contributed by atoms with E-state index in [2.05, 4.69) is 10.3 Å². The van der Waals surface area contributed by atoms with Crippen molar-refractivity contribution in [3.63, 3.8) is 0 Å². The van der Waals surface area contributed by atoms with Crippen molar-refractivity contribution in [1.82, 2.24) is 14.8 Å². The van der Waals surface area contributed by atoms with Crippen molar-refractivity contribution in [2.24, 2.45) is 0 Å². The van der Waals surface area contributed by atoms with Crippen LogP contribution >= 0.6 is 0 Å². The van der Waals surface area contributed by atoms with Crippen LogP contribution in [-0.2, 0) is 4.74 Å². The first-order valence-electron chi connectivity index (χ1n) is 10.8. The van der Waals surface area contributed by atoms with E-state index >= 15 is 0 Å². The summed E-state index contributed by atoms with van der Waals surface area (Å²) >= 11 is 0. The van der Waals surface area contributed by atoms with Gasteiger partial charge >= 0.3 is 12.1 Å². The fourth-order valence-electron chi connectivity index (χ4n) is 3.66. The highest BCUT2D eigenvalue weighted by atomic mass is 19.1. The maximum Gasteiger partial charge on any atom is 0.410 e. The van der Waals surface area contributed by atoms with Gasteiger partial charge in [0.15, 0.2) is 0 Å². The standard InChI is InChI=1S/C24H31FN4O3/c1-16-12-17(14-18(25)13-16)21-7-6-19(15-26-21)27-22(30)28(5)20-8-10-29(11-9-20)23(31)32-24(2,3)4/h6-7,12-15,20H,8-11H2,1-5H3,(H,27,30). The van der Waals surface area contributed by atoms with Crippen LogP contribution in [0.4, 0.5) is 19.7 Å². The number of carbonyl (C=O) groups is 2. The second kappa shape index (κ2) is 9.54. The van der Waals surface area contributed by atoms with Crippen LogP contribution in [0.1, 0.15) is 39.2 Å². The molecule has 0 radical (unpaired) electrons. The maximum absolute atomic E-state index is 13.7. The van der Waals surface area contributed by atoms with Gasteiger partial charge in [0, 0.05) is 31.7 Å². The Labute approximate surface area is 188 Å². The number of likely N-dealkylation sites (tertiary alicyclic amines) is 1. The number of anilines is 1. The molecule has 172 valence electrons. The number of hydrogen-bond donors (Lipinski definition) is 1. The van der Waals surface area contributed by atoms with Gasteiger partial charge in [-0.15, -0.1) is 0 Å². The maximum atomic E-state index is 13.7. The van der Waals surface area contributed by atoms with Crippen molar-refractivity contribution >= 4 is 17.8 Å². The third kappa shape index (κ3) is 6.18. The van der Waals surface area contributed by atoms with Crippen LogP contribution in [0.2, 0.25) is 0 Å². The van der Waals surface area contributed by atoms with Gasteiger partial charge in [-0.1, -0.05) is 0 Å². The van der Waals surface area contributed by atoms with Crippen molar-refractivity contribution in [2.75, 3.05) is 25.5 Å². The first-order chi connectivity index (χ1) is 15.0. The van der Waals surface area contributed by atoms with Crippen LogP contribution < -0.4 is 5.32 Å². The van der Waals surface area contributed by atoms with Gasteiger partial charge in [0.05, 0.1) is 17.6 Å². The van der Waals surface area contributed by atoms with Crippen LogP contribution in [0.15, 0.2) is 36.5 Å². The lowest BCUT2D eigenvalue weighted by atomic mass is 10.0. The Morgan fingerprint density at radius 2 is 1.88 bits per heavy atom. The van der Waals surface area contributed by atoms with Gasteiger partial charge in [-0.3, -0.25) is 4.98 Å². The lowest BCUT2D eigenvalue weighted by molar-refractivity contribution is 0.0174. The molecule has 0 unspecified atom stereocenters. The molecule has 7 nitrogen and oxygen atoms in total. The minimum absolute atomic E-state index is 0.0242. The Morgan fingerprint density at radius 1 is 1.19 bits per heavy atom. The summed E-state index contributed by atoms with van der Waals surface area (Å²) < 4.78 is 19.1. The summed E-state index contributed by atoms with van der Waals surface area (Å²) in [7, 11) is 1.75. The zero-order valence-electron chi connectivity index (χ0n) is 19.3. The lowest BCUT2D eigenvalue weighted by Crippen LogP contribution is -2.49. The van der Waals surface area contributed by atoms with Crippen molar-refractivity contribution in [1.29, 1.82) is 0 Å². The van der Waals surface area contributed by atoms with Crippen molar-refractivity contribution < 1.29 is 18.7 Å². The van der Waals surface area contributed by atoms with Crippen LogP contribution in [-0.4, -0.2) is 58.7 Å². The van der Waals surface area contributed by atoms with Crippen LogP contribution in [0.25, 0.3) is 11.3 Å². The van der Waals surface area contributed by atoms with Crippen LogP contribution in [0, 0.1) is 12.7 Å². The van der Waals surface area contributed by atoms with E-state index in [0.29, 0.717) is 42.9 Å². The third-order valence-corrected chi connectivity index (χ3v) is 5.34. The number of aryl methyl sites for hydroxylation is 1. The Balaban J connectivity index is 1.54. The number of benzene rings is 1. The number of ether oxygens (including phenoxy) is 1. The van der Waals surface area contributed by atoms with Crippen molar-refractivity contribution in [3.8, 4) is 11.3 Å². The van der Waals surface area contributed by atoms with Gasteiger partial charge in [-0.05, 0) is 76.4 Å². The molecule has 3 rings (SSSR count). The Morgan fingerprint density at radius 3 is 2.44 bits per heavy atom. The van der Waals surface area contributed by atoms with E-state index in [9.17, 15) is 14.0 Å². The van der Waals surface area contributed by atoms with Gasteiger partial charge in [0.25, 0.3) is 0 Å². The third-order valence-electron chi connectivity index (χ3n) is 5.34. The highest BCUT2D eigenvalue weighted by Gasteiger charge is 2.30. The van der Waals surface area contributed by atoms with E-state index in [1.807, 2.05) is 33.8 Å². The SMILES string of the molecule is Cc1cc(F)cc(-c2ccc(NC(=O)N(C)C3CCN(C(=O)OC(C)(C)C)CC3)cn2)c1. The molecule has 1 aromatic carbocycles. The highest BCUT2D eigenvalue weighted by molar-refractivity contribution is 5.89. The van der Waals surface area contributed by atoms with E-state index in [-0.39, 0.29) is 24.0 Å². The first-order valence-corrected chi connectivity index (χ1v) is 10.8. The summed E-state index contributed by atoms with van der Waals surface area (Å²) in [5, 5.41) is 2.85. The number of urea groups is 1. The molecule has 1 aliphatic rings. The number of aromatic nitrogens is 1. The number of hydrogen-bond acceptors (Lipinski definition) is 4. The average molecular weight is 443 g/mol. The first kappa shape index (κ1) is 23.5. The average Bonchev–Trinajstić information content (AvgIpc) is 2.72. The van der Waals surface area contributed by atoms with E-state index in [1.165, 1.54) is 12.1 Å². The Kier molecular flexibility index (Phi) is 7.01.